The van der Waals surface area contributed by atoms with E-state index in [1.165, 1.54) is 11.3 Å². The molecule has 0 bridgehead atoms. The monoisotopic (exact) mass is 216 g/mol. The molecule has 0 unspecified atom stereocenters. The molecule has 1 aliphatic rings. The molecule has 0 saturated carbocycles. The second-order valence-electron chi connectivity index (χ2n) is 4.80. The molecule has 3 rings (SSSR count). The van der Waals surface area contributed by atoms with Crippen LogP contribution < -0.4 is 0 Å². The summed E-state index contributed by atoms with van der Waals surface area (Å²) in [5.74, 6) is 0. The standard InChI is InChI=1S/C12H16N4/c1-8(2)15-5-10-6-16-12(4-9(3)14-16)13-11(10)7-15/h4,6,8H,5,7H2,1-3H3. The van der Waals surface area contributed by atoms with E-state index in [1.807, 2.05) is 17.5 Å². The highest BCUT2D eigenvalue weighted by Gasteiger charge is 2.23. The van der Waals surface area contributed by atoms with Crippen molar-refractivity contribution in [3.63, 3.8) is 0 Å². The molecule has 4 heteroatoms. The van der Waals surface area contributed by atoms with Crippen LogP contribution in [0.1, 0.15) is 30.8 Å². The Morgan fingerprint density at radius 3 is 2.88 bits per heavy atom. The number of hydrogen-bond donors (Lipinski definition) is 0. The zero-order chi connectivity index (χ0) is 11.3. The van der Waals surface area contributed by atoms with Crippen molar-refractivity contribution in [1.29, 1.82) is 0 Å². The Bertz CT molecular complexity index is 498. The molecule has 3 heterocycles. The summed E-state index contributed by atoms with van der Waals surface area (Å²) in [5.41, 5.74) is 4.50. The molecule has 84 valence electrons. The second-order valence-corrected chi connectivity index (χ2v) is 4.80. The fourth-order valence-corrected chi connectivity index (χ4v) is 2.21. The lowest BCUT2D eigenvalue weighted by atomic mass is 10.3. The van der Waals surface area contributed by atoms with Crippen LogP contribution in [0.25, 0.3) is 5.65 Å². The zero-order valence-corrected chi connectivity index (χ0v) is 9.94. The van der Waals surface area contributed by atoms with E-state index in [1.54, 1.807) is 0 Å². The van der Waals surface area contributed by atoms with Crippen LogP contribution in [0.3, 0.4) is 0 Å². The molecular weight excluding hydrogens is 200 g/mol. The van der Waals surface area contributed by atoms with Crippen molar-refractivity contribution in [2.24, 2.45) is 0 Å². The Balaban J connectivity index is 2.06. The van der Waals surface area contributed by atoms with Gasteiger partial charge in [-0.2, -0.15) is 5.10 Å². The maximum absolute atomic E-state index is 4.67. The minimum atomic E-state index is 0.572. The minimum Gasteiger partial charge on any atom is -0.291 e. The fourth-order valence-electron chi connectivity index (χ4n) is 2.21. The smallest absolute Gasteiger partial charge is 0.155 e. The van der Waals surface area contributed by atoms with Gasteiger partial charge in [-0.05, 0) is 20.8 Å². The Kier molecular flexibility index (Phi) is 2.01. The van der Waals surface area contributed by atoms with E-state index in [9.17, 15) is 0 Å². The van der Waals surface area contributed by atoms with Crippen LogP contribution in [0.4, 0.5) is 0 Å². The molecule has 0 aromatic carbocycles. The van der Waals surface area contributed by atoms with Gasteiger partial charge < -0.3 is 0 Å². The third-order valence-electron chi connectivity index (χ3n) is 3.19. The number of nitrogens with zero attached hydrogens (tertiary/aromatic N) is 4. The van der Waals surface area contributed by atoms with Gasteiger partial charge in [0.1, 0.15) is 0 Å². The van der Waals surface area contributed by atoms with Gasteiger partial charge in [-0.25, -0.2) is 9.50 Å². The predicted octanol–water partition coefficient (Wildman–Crippen LogP) is 1.76. The maximum atomic E-state index is 4.67. The van der Waals surface area contributed by atoms with Gasteiger partial charge in [0, 0.05) is 37.0 Å². The number of aromatic nitrogens is 3. The van der Waals surface area contributed by atoms with Gasteiger partial charge in [0.05, 0.1) is 11.4 Å². The number of fused-ring (bicyclic) bond motifs is 2. The minimum absolute atomic E-state index is 0.572. The molecule has 0 aliphatic carbocycles. The van der Waals surface area contributed by atoms with Gasteiger partial charge in [0.25, 0.3) is 0 Å². The van der Waals surface area contributed by atoms with Gasteiger partial charge in [0.15, 0.2) is 5.65 Å². The average molecular weight is 216 g/mol. The van der Waals surface area contributed by atoms with Gasteiger partial charge in [-0.3, -0.25) is 4.90 Å². The summed E-state index contributed by atoms with van der Waals surface area (Å²) in [7, 11) is 0. The molecule has 0 radical (unpaired) electrons. The van der Waals surface area contributed by atoms with Gasteiger partial charge in [-0.1, -0.05) is 0 Å². The topological polar surface area (TPSA) is 33.4 Å². The molecule has 2 aromatic heterocycles. The first-order valence-corrected chi connectivity index (χ1v) is 5.72. The lowest BCUT2D eigenvalue weighted by Gasteiger charge is -2.18. The highest BCUT2D eigenvalue weighted by molar-refractivity contribution is 5.42. The summed E-state index contributed by atoms with van der Waals surface area (Å²) in [6.07, 6.45) is 2.12. The van der Waals surface area contributed by atoms with Gasteiger partial charge >= 0.3 is 0 Å². The first kappa shape index (κ1) is 9.78. The molecule has 0 amide bonds. The van der Waals surface area contributed by atoms with Gasteiger partial charge in [0.2, 0.25) is 0 Å². The largest absolute Gasteiger partial charge is 0.291 e. The summed E-state index contributed by atoms with van der Waals surface area (Å²) in [5, 5.41) is 4.40. The summed E-state index contributed by atoms with van der Waals surface area (Å²) >= 11 is 0. The average Bonchev–Trinajstić information content (AvgIpc) is 2.74. The molecule has 0 N–H and O–H groups in total. The van der Waals surface area contributed by atoms with E-state index in [4.69, 9.17) is 0 Å². The van der Waals surface area contributed by atoms with E-state index >= 15 is 0 Å². The van der Waals surface area contributed by atoms with E-state index in [0.717, 1.165) is 24.4 Å². The SMILES string of the molecule is Cc1cc2nc3c(cn2n1)CN(C(C)C)C3. The van der Waals surface area contributed by atoms with Crippen LogP contribution in [0.5, 0.6) is 0 Å². The Labute approximate surface area is 94.9 Å². The summed E-state index contributed by atoms with van der Waals surface area (Å²) in [4.78, 5) is 7.09. The molecule has 0 saturated heterocycles. The highest BCUT2D eigenvalue weighted by atomic mass is 15.3. The normalized spacial score (nSPS) is 16.2. The molecular formula is C12H16N4. The number of aryl methyl sites for hydroxylation is 1. The Hall–Kier alpha value is -1.42. The maximum Gasteiger partial charge on any atom is 0.155 e. The molecule has 1 aliphatic heterocycles. The summed E-state index contributed by atoms with van der Waals surface area (Å²) < 4.78 is 1.89. The van der Waals surface area contributed by atoms with Crippen LogP contribution in [0.15, 0.2) is 12.3 Å². The fraction of sp³-hybridized carbons (Fsp3) is 0.500. The summed E-state index contributed by atoms with van der Waals surface area (Å²) in [6.45, 7) is 8.41. The van der Waals surface area contributed by atoms with E-state index in [2.05, 4.69) is 35.0 Å². The van der Waals surface area contributed by atoms with Crippen molar-refractivity contribution in [2.75, 3.05) is 0 Å². The molecule has 0 fully saturated rings. The predicted molar refractivity (Wildman–Crippen MR) is 62.1 cm³/mol. The quantitative estimate of drug-likeness (QED) is 0.728. The van der Waals surface area contributed by atoms with Crippen LogP contribution >= 0.6 is 0 Å². The van der Waals surface area contributed by atoms with Crippen molar-refractivity contribution in [2.45, 2.75) is 39.9 Å². The number of hydrogen-bond acceptors (Lipinski definition) is 3. The molecule has 16 heavy (non-hydrogen) atoms. The highest BCUT2D eigenvalue weighted by Crippen LogP contribution is 2.23. The lowest BCUT2D eigenvalue weighted by molar-refractivity contribution is 0.226. The second kappa shape index (κ2) is 3.28. The lowest BCUT2D eigenvalue weighted by Crippen LogP contribution is -2.24. The van der Waals surface area contributed by atoms with Crippen LogP contribution in [-0.4, -0.2) is 25.5 Å². The van der Waals surface area contributed by atoms with Crippen molar-refractivity contribution >= 4 is 5.65 Å². The number of rotatable bonds is 1. The van der Waals surface area contributed by atoms with Crippen LogP contribution in [0.2, 0.25) is 0 Å². The third kappa shape index (κ3) is 1.41. The van der Waals surface area contributed by atoms with Crippen LogP contribution in [-0.2, 0) is 13.1 Å². The Morgan fingerprint density at radius 1 is 1.31 bits per heavy atom. The van der Waals surface area contributed by atoms with Crippen LogP contribution in [0, 0.1) is 6.92 Å². The molecule has 0 spiro atoms. The first-order valence-electron chi connectivity index (χ1n) is 5.72. The van der Waals surface area contributed by atoms with E-state index in [-0.39, 0.29) is 0 Å². The van der Waals surface area contributed by atoms with Gasteiger partial charge in [-0.15, -0.1) is 0 Å². The summed E-state index contributed by atoms with van der Waals surface area (Å²) in [6, 6.07) is 2.60. The first-order chi connectivity index (χ1) is 7.63. The van der Waals surface area contributed by atoms with Crippen molar-refractivity contribution in [3.8, 4) is 0 Å². The third-order valence-corrected chi connectivity index (χ3v) is 3.19. The van der Waals surface area contributed by atoms with E-state index < -0.39 is 0 Å². The molecule has 2 aromatic rings. The van der Waals surface area contributed by atoms with Crippen molar-refractivity contribution < 1.29 is 0 Å². The molecule has 0 atom stereocenters. The van der Waals surface area contributed by atoms with E-state index in [0.29, 0.717) is 6.04 Å². The van der Waals surface area contributed by atoms with Crippen molar-refractivity contribution in [1.82, 2.24) is 19.5 Å². The van der Waals surface area contributed by atoms with Crippen molar-refractivity contribution in [3.05, 3.63) is 29.2 Å². The Morgan fingerprint density at radius 2 is 2.12 bits per heavy atom. The molecule has 4 nitrogen and oxygen atoms in total. The zero-order valence-electron chi connectivity index (χ0n) is 9.94.